The van der Waals surface area contributed by atoms with Gasteiger partial charge in [-0.2, -0.15) is 18.3 Å². The van der Waals surface area contributed by atoms with Crippen molar-refractivity contribution >= 4 is 34.1 Å². The maximum Gasteiger partial charge on any atom is 0.417 e. The zero-order valence-electron chi connectivity index (χ0n) is 19.4. The number of aryl methyl sites for hydroxylation is 1. The first kappa shape index (κ1) is 23.2. The SMILES string of the molecule is C=CC(=O)N1CC2(CCN(c3cc4c(c(-c5c(C(F)(F)F)ccc6[nH]ncc56)c3Cl)OCCC4)C2)C1. The molecular weight excluding hydrogens is 493 g/mol. The van der Waals surface area contributed by atoms with E-state index in [9.17, 15) is 18.0 Å². The normalized spacial score (nSPS) is 18.8. The van der Waals surface area contributed by atoms with E-state index in [0.717, 1.165) is 24.5 Å². The number of nitrogens with zero attached hydrogens (tertiary/aromatic N) is 3. The van der Waals surface area contributed by atoms with E-state index in [2.05, 4.69) is 21.7 Å². The number of aromatic amines is 1. The third kappa shape index (κ3) is 3.55. The maximum atomic E-state index is 14.3. The summed E-state index contributed by atoms with van der Waals surface area (Å²) < 4.78 is 48.7. The van der Waals surface area contributed by atoms with Crippen LogP contribution in [0.25, 0.3) is 22.0 Å². The zero-order chi connectivity index (χ0) is 25.2. The lowest BCUT2D eigenvalue weighted by Gasteiger charge is -2.47. The summed E-state index contributed by atoms with van der Waals surface area (Å²) in [7, 11) is 0. The van der Waals surface area contributed by atoms with E-state index in [4.69, 9.17) is 16.3 Å². The van der Waals surface area contributed by atoms with Gasteiger partial charge in [0.15, 0.2) is 0 Å². The lowest BCUT2D eigenvalue weighted by molar-refractivity contribution is -0.137. The molecule has 1 spiro atoms. The van der Waals surface area contributed by atoms with Gasteiger partial charge in [0.25, 0.3) is 0 Å². The molecule has 36 heavy (non-hydrogen) atoms. The van der Waals surface area contributed by atoms with E-state index in [1.165, 1.54) is 18.3 Å². The van der Waals surface area contributed by atoms with Crippen LogP contribution in [0.15, 0.2) is 37.1 Å². The molecule has 2 aromatic carbocycles. The predicted molar refractivity (Wildman–Crippen MR) is 131 cm³/mol. The quantitative estimate of drug-likeness (QED) is 0.470. The molecular formula is C26H24ClF3N4O2. The second-order valence-electron chi connectivity index (χ2n) is 9.91. The summed E-state index contributed by atoms with van der Waals surface area (Å²) in [5.74, 6) is 0.327. The van der Waals surface area contributed by atoms with Crippen LogP contribution in [0.3, 0.4) is 0 Å². The Morgan fingerprint density at radius 3 is 2.81 bits per heavy atom. The topological polar surface area (TPSA) is 61.5 Å². The lowest BCUT2D eigenvalue weighted by atomic mass is 9.79. The molecule has 4 heterocycles. The summed E-state index contributed by atoms with van der Waals surface area (Å²) in [5, 5.41) is 7.35. The summed E-state index contributed by atoms with van der Waals surface area (Å²) in [5.41, 5.74) is 1.47. The number of halogens is 4. The molecule has 1 aromatic heterocycles. The van der Waals surface area contributed by atoms with Crippen molar-refractivity contribution in [2.45, 2.75) is 25.4 Å². The van der Waals surface area contributed by atoms with Gasteiger partial charge < -0.3 is 14.5 Å². The van der Waals surface area contributed by atoms with Crippen LogP contribution in [-0.4, -0.2) is 53.8 Å². The van der Waals surface area contributed by atoms with Gasteiger partial charge in [0, 0.05) is 48.1 Å². The molecule has 6 rings (SSSR count). The van der Waals surface area contributed by atoms with Gasteiger partial charge in [-0.1, -0.05) is 18.2 Å². The Hall–Kier alpha value is -3.20. The monoisotopic (exact) mass is 516 g/mol. The molecule has 1 N–H and O–H groups in total. The molecule has 0 atom stereocenters. The molecule has 1 amide bonds. The Morgan fingerprint density at radius 2 is 2.06 bits per heavy atom. The first-order chi connectivity index (χ1) is 17.2. The van der Waals surface area contributed by atoms with Crippen LogP contribution in [0, 0.1) is 5.41 Å². The summed E-state index contributed by atoms with van der Waals surface area (Å²) in [6.07, 6.45) is 0.474. The minimum absolute atomic E-state index is 0.0148. The van der Waals surface area contributed by atoms with Gasteiger partial charge in [0.1, 0.15) is 5.75 Å². The van der Waals surface area contributed by atoms with Gasteiger partial charge in [-0.05, 0) is 49.1 Å². The molecule has 3 aromatic rings. The first-order valence-corrected chi connectivity index (χ1v) is 12.3. The molecule has 0 unspecified atom stereocenters. The van der Waals surface area contributed by atoms with Crippen molar-refractivity contribution < 1.29 is 22.7 Å². The number of ether oxygens (including phenoxy) is 1. The van der Waals surface area contributed by atoms with Crippen LogP contribution in [0.1, 0.15) is 24.0 Å². The fourth-order valence-corrected chi connectivity index (χ4v) is 6.25. The van der Waals surface area contributed by atoms with Crippen molar-refractivity contribution in [2.24, 2.45) is 5.41 Å². The number of hydrogen-bond donors (Lipinski definition) is 1. The van der Waals surface area contributed by atoms with Crippen LogP contribution in [0.4, 0.5) is 18.9 Å². The molecule has 3 aliphatic heterocycles. The highest BCUT2D eigenvalue weighted by Gasteiger charge is 2.49. The average Bonchev–Trinajstić information content (AvgIpc) is 3.49. The van der Waals surface area contributed by atoms with Crippen molar-refractivity contribution in [3.8, 4) is 16.9 Å². The molecule has 0 bridgehead atoms. The number of anilines is 1. The van der Waals surface area contributed by atoms with Gasteiger partial charge in [-0.25, -0.2) is 0 Å². The van der Waals surface area contributed by atoms with E-state index in [0.29, 0.717) is 61.5 Å². The number of amides is 1. The minimum Gasteiger partial charge on any atom is -0.493 e. The lowest BCUT2D eigenvalue weighted by Crippen LogP contribution is -2.59. The fraction of sp³-hybridized carbons (Fsp3) is 0.385. The van der Waals surface area contributed by atoms with E-state index >= 15 is 0 Å². The van der Waals surface area contributed by atoms with Crippen LogP contribution in [-0.2, 0) is 17.4 Å². The third-order valence-electron chi connectivity index (χ3n) is 7.61. The number of hydrogen-bond acceptors (Lipinski definition) is 4. The van der Waals surface area contributed by atoms with Crippen LogP contribution in [0.2, 0.25) is 5.02 Å². The molecule has 188 valence electrons. The maximum absolute atomic E-state index is 14.3. The molecule has 2 fully saturated rings. The third-order valence-corrected chi connectivity index (χ3v) is 7.99. The number of alkyl halides is 3. The summed E-state index contributed by atoms with van der Waals surface area (Å²) in [6.45, 7) is 6.63. The smallest absolute Gasteiger partial charge is 0.417 e. The van der Waals surface area contributed by atoms with Crippen molar-refractivity contribution in [1.29, 1.82) is 0 Å². The highest BCUT2D eigenvalue weighted by molar-refractivity contribution is 6.37. The highest BCUT2D eigenvalue weighted by atomic mass is 35.5. The van der Waals surface area contributed by atoms with E-state index in [1.54, 1.807) is 4.90 Å². The summed E-state index contributed by atoms with van der Waals surface area (Å²) in [6, 6.07) is 4.42. The molecule has 0 saturated carbocycles. The van der Waals surface area contributed by atoms with E-state index in [1.807, 2.05) is 6.07 Å². The highest BCUT2D eigenvalue weighted by Crippen LogP contribution is 2.53. The summed E-state index contributed by atoms with van der Waals surface area (Å²) in [4.78, 5) is 15.9. The van der Waals surface area contributed by atoms with Crippen LogP contribution in [0.5, 0.6) is 5.75 Å². The van der Waals surface area contributed by atoms with Gasteiger partial charge in [-0.3, -0.25) is 9.89 Å². The zero-order valence-corrected chi connectivity index (χ0v) is 20.2. The first-order valence-electron chi connectivity index (χ1n) is 11.9. The Bertz CT molecular complexity index is 1390. The van der Waals surface area contributed by atoms with Gasteiger partial charge in [0.05, 0.1) is 34.6 Å². The van der Waals surface area contributed by atoms with Crippen LogP contribution >= 0.6 is 11.6 Å². The number of likely N-dealkylation sites (tertiary alicyclic amines) is 1. The van der Waals surface area contributed by atoms with Gasteiger partial charge >= 0.3 is 6.18 Å². The molecule has 0 radical (unpaired) electrons. The second kappa shape index (κ2) is 8.16. The van der Waals surface area contributed by atoms with Crippen molar-refractivity contribution in [2.75, 3.05) is 37.7 Å². The summed E-state index contributed by atoms with van der Waals surface area (Å²) >= 11 is 7.01. The molecule has 3 aliphatic rings. The van der Waals surface area contributed by atoms with E-state index < -0.39 is 11.7 Å². The molecule has 6 nitrogen and oxygen atoms in total. The molecule has 10 heteroatoms. The van der Waals surface area contributed by atoms with E-state index in [-0.39, 0.29) is 27.5 Å². The van der Waals surface area contributed by atoms with Gasteiger partial charge in [0.2, 0.25) is 5.91 Å². The number of benzene rings is 2. The molecule has 2 saturated heterocycles. The number of H-pyrrole nitrogens is 1. The largest absolute Gasteiger partial charge is 0.493 e. The number of fused-ring (bicyclic) bond motifs is 2. The fourth-order valence-electron chi connectivity index (χ4n) is 5.89. The second-order valence-corrected chi connectivity index (χ2v) is 10.3. The van der Waals surface area contributed by atoms with Crippen molar-refractivity contribution in [3.63, 3.8) is 0 Å². The Balaban J connectivity index is 1.49. The Kier molecular flexibility index (Phi) is 5.26. The van der Waals surface area contributed by atoms with Crippen molar-refractivity contribution in [1.82, 2.24) is 15.1 Å². The number of rotatable bonds is 3. The minimum atomic E-state index is -4.59. The predicted octanol–water partition coefficient (Wildman–Crippen LogP) is 5.45. The standard InChI is InChI=1S/C26H24ClF3N4O2/c1-2-20(35)34-13-25(14-34)7-8-33(12-25)19-10-15-4-3-9-36-24(15)22(23(19)27)21-16-11-31-32-18(16)6-5-17(21)26(28,29)30/h2,5-6,10-11H,1,3-4,7-9,12-14H2,(H,31,32). The number of carbonyl (C=O) groups is 1. The van der Waals surface area contributed by atoms with Crippen molar-refractivity contribution in [3.05, 3.63) is 53.2 Å². The van der Waals surface area contributed by atoms with Gasteiger partial charge in [-0.15, -0.1) is 0 Å². The Morgan fingerprint density at radius 1 is 1.25 bits per heavy atom. The Labute approximate surface area is 210 Å². The number of aromatic nitrogens is 2. The average molecular weight is 517 g/mol. The number of carbonyl (C=O) groups excluding carboxylic acids is 1. The number of nitrogens with one attached hydrogen (secondary N) is 1. The molecule has 0 aliphatic carbocycles. The van der Waals surface area contributed by atoms with Crippen LogP contribution < -0.4 is 9.64 Å².